The summed E-state index contributed by atoms with van der Waals surface area (Å²) in [6, 6.07) is 0. The Labute approximate surface area is 72.3 Å². The van der Waals surface area contributed by atoms with Crippen LogP contribution in [0.5, 0.6) is 0 Å². The maximum Gasteiger partial charge on any atom is 0.418 e. The van der Waals surface area contributed by atoms with E-state index in [1.165, 1.54) is 0 Å². The van der Waals surface area contributed by atoms with Crippen LogP contribution in [0, 0.1) is 0 Å². The molecular weight excluding hydrogens is 210 g/mol. The first-order valence-corrected chi connectivity index (χ1v) is 5.19. The first-order valence-electron chi connectivity index (χ1n) is 3.58. The molecule has 0 aromatic rings. The van der Waals surface area contributed by atoms with E-state index >= 15 is 0 Å². The van der Waals surface area contributed by atoms with Gasteiger partial charge in [-0.25, -0.2) is 0 Å². The van der Waals surface area contributed by atoms with Crippen molar-refractivity contribution in [3.8, 4) is 0 Å². The largest absolute Gasteiger partial charge is 0.418 e. The summed E-state index contributed by atoms with van der Waals surface area (Å²) in [5.41, 5.74) is 0. The highest BCUT2D eigenvalue weighted by Crippen LogP contribution is 2.60. The molecule has 1 fully saturated rings. The lowest BCUT2D eigenvalue weighted by atomic mass is 10.2. The van der Waals surface area contributed by atoms with Crippen molar-refractivity contribution >= 4 is 7.60 Å². The lowest BCUT2D eigenvalue weighted by molar-refractivity contribution is -0.170. The van der Waals surface area contributed by atoms with E-state index in [2.05, 4.69) is 0 Å². The molecular formula is C5H9F3NO3P. The van der Waals surface area contributed by atoms with Crippen LogP contribution >= 0.6 is 7.60 Å². The Hall–Kier alpha value is -0.100. The second kappa shape index (κ2) is 2.95. The summed E-state index contributed by atoms with van der Waals surface area (Å²) < 4.78 is 47.8. The molecule has 1 aliphatic rings. The van der Waals surface area contributed by atoms with Gasteiger partial charge in [0.15, 0.2) is 0 Å². The molecule has 0 spiro atoms. The maximum atomic E-state index is 12.4. The molecule has 1 rings (SSSR count). The minimum atomic E-state index is -5.20. The van der Waals surface area contributed by atoms with Crippen molar-refractivity contribution in [2.24, 2.45) is 0 Å². The van der Waals surface area contributed by atoms with Crippen LogP contribution in [0.1, 0.15) is 12.8 Å². The van der Waals surface area contributed by atoms with Gasteiger partial charge in [-0.2, -0.15) is 13.2 Å². The van der Waals surface area contributed by atoms with Crippen LogP contribution in [-0.2, 0) is 4.57 Å². The fourth-order valence-corrected chi connectivity index (χ4v) is 2.48. The van der Waals surface area contributed by atoms with Crippen LogP contribution in [-0.4, -0.2) is 27.8 Å². The van der Waals surface area contributed by atoms with Gasteiger partial charge in [0.2, 0.25) is 5.28 Å². The van der Waals surface area contributed by atoms with E-state index in [4.69, 9.17) is 9.79 Å². The molecule has 0 amide bonds. The van der Waals surface area contributed by atoms with Crippen molar-refractivity contribution < 1.29 is 27.5 Å². The molecule has 1 saturated heterocycles. The first kappa shape index (κ1) is 11.0. The van der Waals surface area contributed by atoms with Gasteiger partial charge in [0.1, 0.15) is 0 Å². The molecule has 0 radical (unpaired) electrons. The minimum absolute atomic E-state index is 0.0232. The summed E-state index contributed by atoms with van der Waals surface area (Å²) in [6.07, 6.45) is -5.37. The SMILES string of the molecule is O=P(O)(O)C1(C(F)(F)F)CCCN1. The Morgan fingerprint density at radius 2 is 1.92 bits per heavy atom. The van der Waals surface area contributed by atoms with Gasteiger partial charge in [-0.3, -0.25) is 9.88 Å². The van der Waals surface area contributed by atoms with Gasteiger partial charge < -0.3 is 9.79 Å². The smallest absolute Gasteiger partial charge is 0.323 e. The fourth-order valence-electron chi connectivity index (χ4n) is 1.38. The van der Waals surface area contributed by atoms with E-state index in [-0.39, 0.29) is 13.0 Å². The molecule has 0 aliphatic carbocycles. The Morgan fingerprint density at radius 3 is 2.08 bits per heavy atom. The predicted molar refractivity (Wildman–Crippen MR) is 38.1 cm³/mol. The second-order valence-electron chi connectivity index (χ2n) is 2.93. The van der Waals surface area contributed by atoms with Crippen molar-refractivity contribution in [1.29, 1.82) is 0 Å². The Bertz CT molecular complexity index is 242. The quantitative estimate of drug-likeness (QED) is 0.570. The lowest BCUT2D eigenvalue weighted by Crippen LogP contribution is -2.52. The molecule has 4 nitrogen and oxygen atoms in total. The number of hydrogen-bond donors (Lipinski definition) is 3. The average Bonchev–Trinajstić information content (AvgIpc) is 2.28. The zero-order valence-corrected chi connectivity index (χ0v) is 7.40. The number of halogens is 3. The highest BCUT2D eigenvalue weighted by molar-refractivity contribution is 7.53. The van der Waals surface area contributed by atoms with Gasteiger partial charge in [-0.1, -0.05) is 0 Å². The number of rotatable bonds is 1. The molecule has 78 valence electrons. The Morgan fingerprint density at radius 1 is 1.38 bits per heavy atom. The van der Waals surface area contributed by atoms with Crippen molar-refractivity contribution in [3.05, 3.63) is 0 Å². The van der Waals surface area contributed by atoms with Crippen LogP contribution in [0.2, 0.25) is 0 Å². The van der Waals surface area contributed by atoms with E-state index in [1.807, 2.05) is 5.32 Å². The topological polar surface area (TPSA) is 69.6 Å². The number of hydrogen-bond acceptors (Lipinski definition) is 2. The van der Waals surface area contributed by atoms with Gasteiger partial charge in [0.25, 0.3) is 0 Å². The van der Waals surface area contributed by atoms with E-state index in [0.29, 0.717) is 0 Å². The molecule has 1 unspecified atom stereocenters. The molecule has 0 bridgehead atoms. The average molecular weight is 219 g/mol. The standard InChI is InChI=1S/C5H9F3NO3P/c6-5(7,8)4(13(10,11)12)2-1-3-9-4/h9H,1-3H2,(H2,10,11,12). The molecule has 0 saturated carbocycles. The highest BCUT2D eigenvalue weighted by Gasteiger charge is 2.66. The zero-order valence-electron chi connectivity index (χ0n) is 6.51. The number of alkyl halides is 3. The maximum absolute atomic E-state index is 12.4. The lowest BCUT2D eigenvalue weighted by Gasteiger charge is -2.31. The van der Waals surface area contributed by atoms with Gasteiger partial charge in [0, 0.05) is 0 Å². The van der Waals surface area contributed by atoms with E-state index in [9.17, 15) is 17.7 Å². The summed E-state index contributed by atoms with van der Waals surface area (Å²) in [5.74, 6) is 0. The van der Waals surface area contributed by atoms with Crippen molar-refractivity contribution in [2.45, 2.75) is 24.3 Å². The summed E-state index contributed by atoms with van der Waals surface area (Å²) in [5, 5.41) is -1.15. The highest BCUT2D eigenvalue weighted by atomic mass is 31.2. The van der Waals surface area contributed by atoms with Gasteiger partial charge >= 0.3 is 13.8 Å². The van der Waals surface area contributed by atoms with Gasteiger partial charge in [-0.15, -0.1) is 0 Å². The Balaban J connectivity index is 3.10. The molecule has 13 heavy (non-hydrogen) atoms. The van der Waals surface area contributed by atoms with Gasteiger partial charge in [0.05, 0.1) is 0 Å². The third-order valence-corrected chi connectivity index (χ3v) is 3.73. The molecule has 1 aliphatic heterocycles. The van der Waals surface area contributed by atoms with Crippen LogP contribution < -0.4 is 5.32 Å². The zero-order chi connectivity index (χ0) is 10.3. The molecule has 1 heterocycles. The summed E-state index contributed by atoms with van der Waals surface area (Å²) >= 11 is 0. The monoisotopic (exact) mass is 219 g/mol. The number of nitrogens with one attached hydrogen (secondary N) is 1. The van der Waals surface area contributed by atoms with Crippen LogP contribution in [0.15, 0.2) is 0 Å². The summed E-state index contributed by atoms with van der Waals surface area (Å²) in [6.45, 7) is -0.0232. The van der Waals surface area contributed by atoms with Crippen molar-refractivity contribution in [3.63, 3.8) is 0 Å². The van der Waals surface area contributed by atoms with Crippen LogP contribution in [0.3, 0.4) is 0 Å². The molecule has 8 heteroatoms. The normalized spacial score (nSPS) is 30.8. The van der Waals surface area contributed by atoms with E-state index in [1.54, 1.807) is 0 Å². The van der Waals surface area contributed by atoms with Crippen LogP contribution in [0.4, 0.5) is 13.2 Å². The molecule has 1 atom stereocenters. The molecule has 0 aromatic carbocycles. The molecule has 3 N–H and O–H groups in total. The third kappa shape index (κ3) is 1.61. The molecule has 0 aromatic heterocycles. The minimum Gasteiger partial charge on any atom is -0.323 e. The van der Waals surface area contributed by atoms with E-state index < -0.39 is 25.5 Å². The van der Waals surface area contributed by atoms with Crippen molar-refractivity contribution in [1.82, 2.24) is 5.32 Å². The fraction of sp³-hybridized carbons (Fsp3) is 1.00. The van der Waals surface area contributed by atoms with Gasteiger partial charge in [-0.05, 0) is 19.4 Å². The predicted octanol–water partition coefficient (Wildman–Crippen LogP) is 0.806. The van der Waals surface area contributed by atoms with E-state index in [0.717, 1.165) is 0 Å². The van der Waals surface area contributed by atoms with Crippen molar-refractivity contribution in [2.75, 3.05) is 6.54 Å². The first-order chi connectivity index (χ1) is 5.71. The Kier molecular flexibility index (Phi) is 2.49. The van der Waals surface area contributed by atoms with Crippen LogP contribution in [0.25, 0.3) is 0 Å². The summed E-state index contributed by atoms with van der Waals surface area (Å²) in [7, 11) is -5.20. The second-order valence-corrected chi connectivity index (χ2v) is 4.78. The summed E-state index contributed by atoms with van der Waals surface area (Å²) in [4.78, 5) is 17.3. The third-order valence-electron chi connectivity index (χ3n) is 2.10.